The highest BCUT2D eigenvalue weighted by molar-refractivity contribution is 6.40. The molecule has 57 heavy (non-hydrogen) atoms. The third-order valence-electron chi connectivity index (χ3n) is 9.85. The molecule has 16 nitrogen and oxygen atoms in total. The van der Waals surface area contributed by atoms with Crippen LogP contribution < -0.4 is 20.9 Å². The number of hydrogen-bond donors (Lipinski definition) is 3. The van der Waals surface area contributed by atoms with Gasteiger partial charge in [0.1, 0.15) is 18.0 Å². The Morgan fingerprint density at radius 2 is 1.63 bits per heavy atom. The van der Waals surface area contributed by atoms with Gasteiger partial charge in [-0.15, -0.1) is 5.10 Å². The average molecular weight is 800 g/mol. The molecule has 0 radical (unpaired) electrons. The molecule has 0 bridgehead atoms. The summed E-state index contributed by atoms with van der Waals surface area (Å²) < 4.78 is 12.2. The van der Waals surface area contributed by atoms with Gasteiger partial charge in [-0.1, -0.05) is 23.7 Å². The second kappa shape index (κ2) is 18.0. The number of anilines is 3. The summed E-state index contributed by atoms with van der Waals surface area (Å²) in [6.45, 7) is 6.94. The maximum absolute atomic E-state index is 13.8. The summed E-state index contributed by atoms with van der Waals surface area (Å²) in [4.78, 5) is 70.3. The largest absolute Gasteiger partial charge is 0.456 e. The van der Waals surface area contributed by atoms with E-state index < -0.39 is 35.3 Å². The molecule has 17 heteroatoms. The number of aromatic nitrogens is 4. The number of methoxy groups -OCH3 is 1. The van der Waals surface area contributed by atoms with Crippen LogP contribution in [0.25, 0.3) is 5.69 Å². The fraction of sp³-hybridized carbons (Fsp3) is 0.400. The van der Waals surface area contributed by atoms with Gasteiger partial charge in [-0.05, 0) is 117 Å². The van der Waals surface area contributed by atoms with E-state index in [0.717, 1.165) is 37.9 Å². The SMILES string of the molecule is COC1CCC(N2CCN(c3ccc(C[C@H](NC(=O)C(=O)Nc4cc(Cl)ccc4-n4cnnn4)C(=O)Nc4ccc(C(=O)OC(C)(C)C)cc4)cc3)C(=O)C2)CC1. The first-order chi connectivity index (χ1) is 27.3. The predicted molar refractivity (Wildman–Crippen MR) is 212 cm³/mol. The average Bonchev–Trinajstić information content (AvgIpc) is 3.73. The highest BCUT2D eigenvalue weighted by Gasteiger charge is 2.32. The third-order valence-corrected chi connectivity index (χ3v) is 10.1. The van der Waals surface area contributed by atoms with Gasteiger partial charge in [0.2, 0.25) is 11.8 Å². The number of hydrogen-bond acceptors (Lipinski definition) is 11. The molecule has 300 valence electrons. The van der Waals surface area contributed by atoms with Gasteiger partial charge in [-0.25, -0.2) is 4.79 Å². The van der Waals surface area contributed by atoms with Crippen molar-refractivity contribution in [2.75, 3.05) is 42.3 Å². The lowest BCUT2D eigenvalue weighted by Gasteiger charge is -2.41. The van der Waals surface area contributed by atoms with Gasteiger partial charge in [0.15, 0.2) is 0 Å². The molecule has 2 heterocycles. The molecule has 4 aromatic rings. The second-order valence-electron chi connectivity index (χ2n) is 15.0. The van der Waals surface area contributed by atoms with Crippen LogP contribution in [0.1, 0.15) is 62.4 Å². The van der Waals surface area contributed by atoms with E-state index in [9.17, 15) is 24.0 Å². The van der Waals surface area contributed by atoms with E-state index in [0.29, 0.717) is 41.6 Å². The van der Waals surface area contributed by atoms with Crippen LogP contribution in [0, 0.1) is 0 Å². The topological polar surface area (TPSA) is 190 Å². The van der Waals surface area contributed by atoms with E-state index in [2.05, 4.69) is 36.4 Å². The van der Waals surface area contributed by atoms with Crippen molar-refractivity contribution in [2.24, 2.45) is 0 Å². The minimum Gasteiger partial charge on any atom is -0.456 e. The number of piperazine rings is 1. The lowest BCUT2D eigenvalue weighted by atomic mass is 9.91. The standard InChI is InChI=1S/C40H46ClN9O7/c1-40(2,3)57-39(55)26-7-10-28(11-8-26)43-36(52)33(45-38(54)37(53)44-32-22-27(41)9-18-34(32)50-24-42-46-47-50)21-25-5-12-30(13-6-25)49-20-19-48(23-35(49)51)29-14-16-31(56-4)17-15-29/h5-13,18,22,24,29,31,33H,14-17,19-21,23H2,1-4H3,(H,43,52)(H,44,53)(H,45,54)/t29?,31?,33-/m0/s1. The van der Waals surface area contributed by atoms with Crippen LogP contribution in [0.15, 0.2) is 73.1 Å². The van der Waals surface area contributed by atoms with E-state index in [-0.39, 0.29) is 29.1 Å². The number of carbonyl (C=O) groups excluding carboxylic acids is 5. The van der Waals surface area contributed by atoms with E-state index in [4.69, 9.17) is 21.1 Å². The van der Waals surface area contributed by atoms with E-state index in [1.807, 2.05) is 12.1 Å². The Hall–Kier alpha value is -5.71. The Balaban J connectivity index is 1.15. The lowest BCUT2D eigenvalue weighted by Crippen LogP contribution is -2.54. The summed E-state index contributed by atoms with van der Waals surface area (Å²) >= 11 is 6.19. The first-order valence-corrected chi connectivity index (χ1v) is 19.1. The normalized spacial score (nSPS) is 18.1. The van der Waals surface area contributed by atoms with Crippen molar-refractivity contribution in [1.82, 2.24) is 30.4 Å². The van der Waals surface area contributed by atoms with Crippen molar-refractivity contribution < 1.29 is 33.4 Å². The molecule has 1 aromatic heterocycles. The fourth-order valence-corrected chi connectivity index (χ4v) is 7.09. The summed E-state index contributed by atoms with van der Waals surface area (Å²) in [6.07, 6.45) is 5.60. The van der Waals surface area contributed by atoms with Gasteiger partial charge in [0, 0.05) is 49.1 Å². The number of nitrogens with one attached hydrogen (secondary N) is 3. The van der Waals surface area contributed by atoms with Crippen LogP contribution in [-0.2, 0) is 35.1 Å². The molecular weight excluding hydrogens is 754 g/mol. The quantitative estimate of drug-likeness (QED) is 0.146. The van der Waals surface area contributed by atoms with E-state index in [1.54, 1.807) is 69.2 Å². The molecule has 3 aromatic carbocycles. The molecular formula is C40H46ClN9O7. The van der Waals surface area contributed by atoms with Gasteiger partial charge >= 0.3 is 17.8 Å². The molecule has 0 unspecified atom stereocenters. The number of ether oxygens (including phenoxy) is 2. The Labute approximate surface area is 335 Å². The number of tetrazole rings is 1. The van der Waals surface area contributed by atoms with E-state index in [1.165, 1.54) is 29.2 Å². The van der Waals surface area contributed by atoms with Crippen LogP contribution in [-0.4, -0.2) is 105 Å². The zero-order chi connectivity index (χ0) is 40.7. The van der Waals surface area contributed by atoms with Crippen molar-refractivity contribution in [1.29, 1.82) is 0 Å². The molecule has 1 aliphatic heterocycles. The van der Waals surface area contributed by atoms with Gasteiger partial charge in [-0.2, -0.15) is 4.68 Å². The summed E-state index contributed by atoms with van der Waals surface area (Å²) in [5.41, 5.74) is 1.85. The van der Waals surface area contributed by atoms with Gasteiger partial charge in [0.25, 0.3) is 0 Å². The minimum atomic E-state index is -1.23. The van der Waals surface area contributed by atoms with Crippen LogP contribution in [0.2, 0.25) is 5.02 Å². The first kappa shape index (κ1) is 40.9. The molecule has 2 fully saturated rings. The fourth-order valence-electron chi connectivity index (χ4n) is 6.92. The van der Waals surface area contributed by atoms with Crippen molar-refractivity contribution >= 4 is 58.3 Å². The molecule has 0 spiro atoms. The molecule has 4 amide bonds. The third kappa shape index (κ3) is 10.8. The Morgan fingerprint density at radius 3 is 2.26 bits per heavy atom. The molecule has 6 rings (SSSR count). The number of nitrogens with zero attached hydrogens (tertiary/aromatic N) is 6. The van der Waals surface area contributed by atoms with Gasteiger partial charge in [0.05, 0.1) is 29.6 Å². The Bertz CT molecular complexity index is 2060. The molecule has 1 saturated carbocycles. The maximum Gasteiger partial charge on any atom is 0.338 e. The monoisotopic (exact) mass is 799 g/mol. The van der Waals surface area contributed by atoms with Gasteiger partial charge in [-0.3, -0.25) is 24.1 Å². The summed E-state index contributed by atoms with van der Waals surface area (Å²) in [6, 6.07) is 17.0. The van der Waals surface area contributed by atoms with Crippen LogP contribution in [0.3, 0.4) is 0 Å². The number of carbonyl (C=O) groups is 5. The van der Waals surface area contributed by atoms with Crippen molar-refractivity contribution in [3.05, 3.63) is 89.2 Å². The number of halogens is 1. The maximum atomic E-state index is 13.8. The Morgan fingerprint density at radius 1 is 0.912 bits per heavy atom. The van der Waals surface area contributed by atoms with Crippen molar-refractivity contribution in [3.8, 4) is 5.69 Å². The molecule has 1 atom stereocenters. The highest BCUT2D eigenvalue weighted by atomic mass is 35.5. The molecule has 1 saturated heterocycles. The highest BCUT2D eigenvalue weighted by Crippen LogP contribution is 2.28. The van der Waals surface area contributed by atoms with Crippen LogP contribution >= 0.6 is 11.6 Å². The smallest absolute Gasteiger partial charge is 0.338 e. The van der Waals surface area contributed by atoms with Gasteiger partial charge < -0.3 is 30.3 Å². The predicted octanol–water partition coefficient (Wildman–Crippen LogP) is 4.18. The summed E-state index contributed by atoms with van der Waals surface area (Å²) in [5, 5.41) is 19.2. The van der Waals surface area contributed by atoms with Crippen molar-refractivity contribution in [3.63, 3.8) is 0 Å². The Kier molecular flexibility index (Phi) is 13.0. The van der Waals surface area contributed by atoms with Crippen LogP contribution in [0.4, 0.5) is 17.1 Å². The number of rotatable bonds is 11. The zero-order valence-corrected chi connectivity index (χ0v) is 33.0. The van der Waals surface area contributed by atoms with Crippen LogP contribution in [0.5, 0.6) is 0 Å². The molecule has 2 aliphatic rings. The zero-order valence-electron chi connectivity index (χ0n) is 32.2. The number of amides is 4. The second-order valence-corrected chi connectivity index (χ2v) is 15.5. The number of esters is 1. The summed E-state index contributed by atoms with van der Waals surface area (Å²) in [5.74, 6) is -3.27. The molecule has 1 aliphatic carbocycles. The van der Waals surface area contributed by atoms with Crippen molar-refractivity contribution in [2.45, 2.75) is 76.7 Å². The first-order valence-electron chi connectivity index (χ1n) is 18.7. The summed E-state index contributed by atoms with van der Waals surface area (Å²) in [7, 11) is 1.75. The lowest BCUT2D eigenvalue weighted by molar-refractivity contribution is -0.137. The van der Waals surface area contributed by atoms with E-state index >= 15 is 0 Å². The molecule has 3 N–H and O–H groups in total. The minimum absolute atomic E-state index is 0.0000389. The number of benzene rings is 3.